The number of aliphatic hydroxyl groups is 1. The number of anilines is 1. The molecule has 37 heavy (non-hydrogen) atoms. The standard InChI is InChI=1S/C26H26F3N3O5/c27-26(28,29)22(16-33)31-23(34)15-32-20(12-11-18-7-3-1-4-8-18)13-14-21(24(32)35)30-25(36)37-17-19-9-5-2-6-10-19/h1-10,13-14,22,33H,11-12,15-17H2,(H,30,36)(H,31,34). The number of benzene rings is 2. The van der Waals surface area contributed by atoms with Gasteiger partial charge in [-0.25, -0.2) is 4.79 Å². The molecular weight excluding hydrogens is 491 g/mol. The maximum Gasteiger partial charge on any atom is 0.412 e. The van der Waals surface area contributed by atoms with Crippen molar-refractivity contribution in [1.29, 1.82) is 0 Å². The van der Waals surface area contributed by atoms with Crippen molar-refractivity contribution in [3.8, 4) is 0 Å². The molecule has 196 valence electrons. The minimum Gasteiger partial charge on any atom is -0.444 e. The predicted molar refractivity (Wildman–Crippen MR) is 130 cm³/mol. The third-order valence-corrected chi connectivity index (χ3v) is 5.44. The molecule has 1 aromatic heterocycles. The second-order valence-corrected chi connectivity index (χ2v) is 8.15. The van der Waals surface area contributed by atoms with Gasteiger partial charge in [0.2, 0.25) is 5.91 Å². The van der Waals surface area contributed by atoms with E-state index in [4.69, 9.17) is 9.84 Å². The molecule has 1 heterocycles. The van der Waals surface area contributed by atoms with Gasteiger partial charge in [-0.2, -0.15) is 13.2 Å². The molecule has 3 N–H and O–H groups in total. The number of aryl methyl sites for hydroxylation is 2. The highest BCUT2D eigenvalue weighted by Gasteiger charge is 2.40. The summed E-state index contributed by atoms with van der Waals surface area (Å²) in [6.07, 6.45) is -4.98. The van der Waals surface area contributed by atoms with Gasteiger partial charge in [-0.15, -0.1) is 0 Å². The van der Waals surface area contributed by atoms with Crippen LogP contribution in [0.2, 0.25) is 0 Å². The van der Waals surface area contributed by atoms with Gasteiger partial charge in [-0.3, -0.25) is 14.9 Å². The summed E-state index contributed by atoms with van der Waals surface area (Å²) in [5.41, 5.74) is 1.06. The van der Waals surface area contributed by atoms with Gasteiger partial charge in [-0.05, 0) is 36.1 Å². The fourth-order valence-electron chi connectivity index (χ4n) is 3.50. The lowest BCUT2D eigenvalue weighted by molar-refractivity contribution is -0.168. The fourth-order valence-corrected chi connectivity index (χ4v) is 3.50. The second kappa shape index (κ2) is 12.7. The monoisotopic (exact) mass is 517 g/mol. The molecule has 0 aliphatic carbocycles. The van der Waals surface area contributed by atoms with Gasteiger partial charge < -0.3 is 19.7 Å². The third-order valence-electron chi connectivity index (χ3n) is 5.44. The molecule has 3 aromatic rings. The Balaban J connectivity index is 1.79. The van der Waals surface area contributed by atoms with Crippen molar-refractivity contribution in [2.45, 2.75) is 38.2 Å². The van der Waals surface area contributed by atoms with Crippen molar-refractivity contribution in [3.63, 3.8) is 0 Å². The van der Waals surface area contributed by atoms with Gasteiger partial charge in [0.25, 0.3) is 5.56 Å². The number of hydrogen-bond donors (Lipinski definition) is 3. The van der Waals surface area contributed by atoms with E-state index in [1.165, 1.54) is 12.1 Å². The van der Waals surface area contributed by atoms with Crippen molar-refractivity contribution in [3.05, 3.63) is 100.0 Å². The van der Waals surface area contributed by atoms with Crippen LogP contribution < -0.4 is 16.2 Å². The summed E-state index contributed by atoms with van der Waals surface area (Å²) in [6.45, 7) is -2.14. The lowest BCUT2D eigenvalue weighted by atomic mass is 10.1. The first-order valence-electron chi connectivity index (χ1n) is 11.4. The summed E-state index contributed by atoms with van der Waals surface area (Å²) in [5, 5.41) is 13.0. The molecule has 0 bridgehead atoms. The Bertz CT molecular complexity index is 1250. The normalized spacial score (nSPS) is 12.0. The summed E-state index contributed by atoms with van der Waals surface area (Å²) >= 11 is 0. The second-order valence-electron chi connectivity index (χ2n) is 8.15. The fraction of sp³-hybridized carbons (Fsp3) is 0.269. The van der Waals surface area contributed by atoms with Crippen LogP contribution in [0, 0.1) is 0 Å². The largest absolute Gasteiger partial charge is 0.444 e. The number of nitrogens with zero attached hydrogens (tertiary/aromatic N) is 1. The number of carbonyl (C=O) groups is 2. The number of amides is 2. The van der Waals surface area contributed by atoms with Gasteiger partial charge >= 0.3 is 12.3 Å². The minimum atomic E-state index is -4.86. The van der Waals surface area contributed by atoms with Crippen molar-refractivity contribution in [2.75, 3.05) is 11.9 Å². The molecular formula is C26H26F3N3O5. The Labute approximate surface area is 210 Å². The zero-order valence-corrected chi connectivity index (χ0v) is 19.7. The van der Waals surface area contributed by atoms with E-state index >= 15 is 0 Å². The lowest BCUT2D eigenvalue weighted by Crippen LogP contribution is -2.49. The highest BCUT2D eigenvalue weighted by molar-refractivity contribution is 5.84. The summed E-state index contributed by atoms with van der Waals surface area (Å²) in [7, 11) is 0. The van der Waals surface area contributed by atoms with Gasteiger partial charge in [0.1, 0.15) is 24.9 Å². The number of pyridine rings is 1. The Morgan fingerprint density at radius 1 is 0.919 bits per heavy atom. The molecule has 2 aromatic carbocycles. The van der Waals surface area contributed by atoms with Gasteiger partial charge in [0.05, 0.1) is 6.61 Å². The van der Waals surface area contributed by atoms with Crippen LogP contribution in [-0.2, 0) is 35.5 Å². The maximum absolute atomic E-state index is 13.1. The number of halogens is 3. The average molecular weight is 518 g/mol. The highest BCUT2D eigenvalue weighted by atomic mass is 19.4. The molecule has 0 saturated heterocycles. The van der Waals surface area contributed by atoms with Crippen LogP contribution >= 0.6 is 0 Å². The summed E-state index contributed by atoms with van der Waals surface area (Å²) < 4.78 is 45.1. The SMILES string of the molecule is O=C(Cn1c(CCc2ccccc2)ccc(NC(=O)OCc2ccccc2)c1=O)NC(CO)C(F)(F)F. The Hall–Kier alpha value is -4.12. The zero-order valence-electron chi connectivity index (χ0n) is 19.7. The van der Waals surface area contributed by atoms with Crippen molar-refractivity contribution in [2.24, 2.45) is 0 Å². The molecule has 11 heteroatoms. The Morgan fingerprint density at radius 2 is 1.54 bits per heavy atom. The number of ether oxygens (including phenoxy) is 1. The van der Waals surface area contributed by atoms with Crippen molar-refractivity contribution < 1.29 is 32.6 Å². The van der Waals surface area contributed by atoms with Crippen LogP contribution in [0.25, 0.3) is 0 Å². The molecule has 0 saturated carbocycles. The molecule has 0 fully saturated rings. The number of nitrogens with one attached hydrogen (secondary N) is 2. The summed E-state index contributed by atoms with van der Waals surface area (Å²) in [5.74, 6) is -1.12. The molecule has 0 radical (unpaired) electrons. The van der Waals surface area contributed by atoms with Crippen LogP contribution in [0.5, 0.6) is 0 Å². The molecule has 0 aliphatic heterocycles. The average Bonchev–Trinajstić information content (AvgIpc) is 2.88. The van der Waals surface area contributed by atoms with Gasteiger partial charge in [-0.1, -0.05) is 60.7 Å². The quantitative estimate of drug-likeness (QED) is 0.382. The number of aliphatic hydroxyl groups excluding tert-OH is 1. The first-order chi connectivity index (χ1) is 17.7. The maximum atomic E-state index is 13.1. The lowest BCUT2D eigenvalue weighted by Gasteiger charge is -2.20. The third kappa shape index (κ3) is 8.21. The van der Waals surface area contributed by atoms with E-state index in [2.05, 4.69) is 5.32 Å². The van der Waals surface area contributed by atoms with Crippen LogP contribution in [0.15, 0.2) is 77.6 Å². The summed E-state index contributed by atoms with van der Waals surface area (Å²) in [4.78, 5) is 37.8. The Morgan fingerprint density at radius 3 is 2.14 bits per heavy atom. The molecule has 1 unspecified atom stereocenters. The van der Waals surface area contributed by atoms with E-state index in [1.54, 1.807) is 35.6 Å². The molecule has 8 nitrogen and oxygen atoms in total. The number of alkyl halides is 3. The molecule has 1 atom stereocenters. The van der Waals surface area contributed by atoms with Crippen molar-refractivity contribution >= 4 is 17.7 Å². The van der Waals surface area contributed by atoms with Crippen molar-refractivity contribution in [1.82, 2.24) is 9.88 Å². The topological polar surface area (TPSA) is 110 Å². The molecule has 3 rings (SSSR count). The number of aromatic nitrogens is 1. The first-order valence-corrected chi connectivity index (χ1v) is 11.4. The van der Waals surface area contributed by atoms with E-state index in [-0.39, 0.29) is 12.3 Å². The van der Waals surface area contributed by atoms with Crippen LogP contribution in [-0.4, -0.2) is 40.5 Å². The molecule has 0 spiro atoms. The number of rotatable bonds is 10. The zero-order chi connectivity index (χ0) is 26.8. The summed E-state index contributed by atoms with van der Waals surface area (Å²) in [6, 6.07) is 18.5. The predicted octanol–water partition coefficient (Wildman–Crippen LogP) is 3.42. The van der Waals surface area contributed by atoms with E-state index in [0.717, 1.165) is 15.7 Å². The van der Waals surface area contributed by atoms with Gasteiger partial charge in [0.15, 0.2) is 0 Å². The highest BCUT2D eigenvalue weighted by Crippen LogP contribution is 2.19. The molecule has 2 amide bonds. The first kappa shape index (κ1) is 27.5. The smallest absolute Gasteiger partial charge is 0.412 e. The van der Waals surface area contributed by atoms with E-state index in [0.29, 0.717) is 18.5 Å². The van der Waals surface area contributed by atoms with E-state index in [1.807, 2.05) is 30.3 Å². The van der Waals surface area contributed by atoms with Gasteiger partial charge in [0, 0.05) is 5.69 Å². The van der Waals surface area contributed by atoms with Crippen LogP contribution in [0.3, 0.4) is 0 Å². The number of carbonyl (C=O) groups excluding carboxylic acids is 2. The number of hydrogen-bond acceptors (Lipinski definition) is 5. The molecule has 0 aliphatic rings. The Kier molecular flexibility index (Phi) is 9.45. The minimum absolute atomic E-state index is 0.0432. The van der Waals surface area contributed by atoms with E-state index < -0.39 is 42.9 Å². The van der Waals surface area contributed by atoms with Crippen LogP contribution in [0.1, 0.15) is 16.8 Å². The van der Waals surface area contributed by atoms with Crippen LogP contribution in [0.4, 0.5) is 23.7 Å². The van der Waals surface area contributed by atoms with E-state index in [9.17, 15) is 27.6 Å².